The number of fused-ring (bicyclic) bond motifs is 1. The minimum atomic E-state index is 0.664. The van der Waals surface area contributed by atoms with Gasteiger partial charge in [-0.2, -0.15) is 0 Å². The van der Waals surface area contributed by atoms with Crippen LogP contribution < -0.4 is 14.5 Å². The number of benzene rings is 3. The van der Waals surface area contributed by atoms with Crippen LogP contribution in [0.4, 0.5) is 17.1 Å². The van der Waals surface area contributed by atoms with Crippen molar-refractivity contribution in [2.24, 2.45) is 0 Å². The second-order valence-corrected chi connectivity index (χ2v) is 7.70. The van der Waals surface area contributed by atoms with Crippen LogP contribution in [-0.2, 0) is 13.0 Å². The van der Waals surface area contributed by atoms with Gasteiger partial charge in [-0.05, 0) is 41.5 Å². The van der Waals surface area contributed by atoms with E-state index in [0.717, 1.165) is 31.1 Å². The summed E-state index contributed by atoms with van der Waals surface area (Å²) in [6.07, 6.45) is 4.65. The van der Waals surface area contributed by atoms with Crippen LogP contribution in [0.25, 0.3) is 0 Å². The second kappa shape index (κ2) is 8.92. The van der Waals surface area contributed by atoms with Gasteiger partial charge in [-0.3, -0.25) is 4.98 Å². The maximum absolute atomic E-state index is 6.07. The Labute approximate surface area is 183 Å². The third-order valence-electron chi connectivity index (χ3n) is 5.55. The average molecular weight is 408 g/mol. The number of hydrogen-bond acceptors (Lipinski definition) is 4. The van der Waals surface area contributed by atoms with Crippen LogP contribution in [0.15, 0.2) is 103 Å². The molecule has 154 valence electrons. The maximum Gasteiger partial charge on any atom is 0.121 e. The van der Waals surface area contributed by atoms with Crippen LogP contribution in [0.2, 0.25) is 0 Å². The largest absolute Gasteiger partial charge is 0.493 e. The molecule has 2 heterocycles. The molecule has 0 bridgehead atoms. The van der Waals surface area contributed by atoms with Gasteiger partial charge in [0.15, 0.2) is 0 Å². The molecule has 0 N–H and O–H groups in total. The first-order valence-electron chi connectivity index (χ1n) is 10.6. The quantitative estimate of drug-likeness (QED) is 0.386. The molecule has 0 radical (unpaired) electrons. The smallest absolute Gasteiger partial charge is 0.121 e. The highest BCUT2D eigenvalue weighted by molar-refractivity contribution is 5.82. The van der Waals surface area contributed by atoms with Crippen molar-refractivity contribution in [1.82, 2.24) is 4.98 Å². The number of hydrogen-bond donors (Lipinski definition) is 0. The van der Waals surface area contributed by atoms with Crippen molar-refractivity contribution < 1.29 is 4.74 Å². The molecule has 4 nitrogen and oxygen atoms in total. The van der Waals surface area contributed by atoms with Crippen LogP contribution in [0.3, 0.4) is 0 Å². The van der Waals surface area contributed by atoms with Crippen molar-refractivity contribution in [2.75, 3.05) is 23.1 Å². The SMILES string of the molecule is c1ccc(CCOc2cccc(N3CN(Cc4cccnc4)c4ccccc43)c2)cc1. The van der Waals surface area contributed by atoms with Gasteiger partial charge in [0.05, 0.1) is 24.7 Å². The zero-order chi connectivity index (χ0) is 20.9. The molecule has 5 rings (SSSR count). The summed E-state index contributed by atoms with van der Waals surface area (Å²) in [6, 6.07) is 31.5. The summed E-state index contributed by atoms with van der Waals surface area (Å²) < 4.78 is 6.07. The zero-order valence-electron chi connectivity index (χ0n) is 17.4. The fraction of sp³-hybridized carbons (Fsp3) is 0.148. The highest BCUT2D eigenvalue weighted by Crippen LogP contribution is 2.41. The van der Waals surface area contributed by atoms with E-state index in [0.29, 0.717) is 6.61 Å². The number of para-hydroxylation sites is 2. The predicted octanol–water partition coefficient (Wildman–Crippen LogP) is 5.82. The molecule has 1 aliphatic heterocycles. The molecule has 0 saturated heterocycles. The standard InChI is InChI=1S/C27H25N3O/c1-2-8-22(9-3-1)15-17-31-25-12-6-11-24(18-25)30-21-29(20-23-10-7-16-28-19-23)26-13-4-5-14-27(26)30/h1-14,16,18-19H,15,17,20-21H2. The van der Waals surface area contributed by atoms with Crippen LogP contribution in [0.5, 0.6) is 5.75 Å². The first-order chi connectivity index (χ1) is 15.4. The summed E-state index contributed by atoms with van der Waals surface area (Å²) in [5.41, 5.74) is 6.09. The van der Waals surface area contributed by atoms with Crippen LogP contribution in [0, 0.1) is 0 Å². The molecule has 31 heavy (non-hydrogen) atoms. The van der Waals surface area contributed by atoms with Gasteiger partial charge in [0, 0.05) is 37.1 Å². The van der Waals surface area contributed by atoms with E-state index in [4.69, 9.17) is 4.74 Å². The van der Waals surface area contributed by atoms with Gasteiger partial charge in [-0.15, -0.1) is 0 Å². The molecule has 0 fully saturated rings. The summed E-state index contributed by atoms with van der Waals surface area (Å²) >= 11 is 0. The molecular formula is C27H25N3O. The number of pyridine rings is 1. The monoisotopic (exact) mass is 407 g/mol. The Kier molecular flexibility index (Phi) is 5.52. The lowest BCUT2D eigenvalue weighted by Crippen LogP contribution is -2.27. The van der Waals surface area contributed by atoms with E-state index in [2.05, 4.69) is 87.6 Å². The molecule has 1 aromatic heterocycles. The molecule has 1 aliphatic rings. The van der Waals surface area contributed by atoms with Gasteiger partial charge < -0.3 is 14.5 Å². The predicted molar refractivity (Wildman–Crippen MR) is 126 cm³/mol. The van der Waals surface area contributed by atoms with Gasteiger partial charge in [0.25, 0.3) is 0 Å². The normalized spacial score (nSPS) is 12.6. The van der Waals surface area contributed by atoms with Crippen molar-refractivity contribution in [3.8, 4) is 5.75 Å². The minimum Gasteiger partial charge on any atom is -0.493 e. The first kappa shape index (κ1) is 19.2. The molecule has 0 aliphatic carbocycles. The molecular weight excluding hydrogens is 382 g/mol. The van der Waals surface area contributed by atoms with E-state index in [9.17, 15) is 0 Å². The second-order valence-electron chi connectivity index (χ2n) is 7.70. The van der Waals surface area contributed by atoms with Crippen LogP contribution in [0.1, 0.15) is 11.1 Å². The Bertz CT molecular complexity index is 1130. The first-order valence-corrected chi connectivity index (χ1v) is 10.6. The van der Waals surface area contributed by atoms with Crippen molar-refractivity contribution in [1.29, 1.82) is 0 Å². The van der Waals surface area contributed by atoms with E-state index >= 15 is 0 Å². The molecule has 0 atom stereocenters. The molecule has 4 heteroatoms. The van der Waals surface area contributed by atoms with Crippen molar-refractivity contribution in [3.63, 3.8) is 0 Å². The average Bonchev–Trinajstić information content (AvgIpc) is 3.19. The van der Waals surface area contributed by atoms with Gasteiger partial charge in [0.1, 0.15) is 5.75 Å². The number of aromatic nitrogens is 1. The van der Waals surface area contributed by atoms with E-state index in [1.807, 2.05) is 30.6 Å². The molecule has 0 saturated carbocycles. The Morgan fingerprint density at radius 1 is 0.774 bits per heavy atom. The number of anilines is 3. The highest BCUT2D eigenvalue weighted by Gasteiger charge is 2.26. The summed E-state index contributed by atoms with van der Waals surface area (Å²) in [7, 11) is 0. The molecule has 0 amide bonds. The summed E-state index contributed by atoms with van der Waals surface area (Å²) in [5.74, 6) is 0.900. The molecule has 3 aromatic carbocycles. The van der Waals surface area contributed by atoms with E-state index in [-0.39, 0.29) is 0 Å². The Morgan fingerprint density at radius 3 is 2.42 bits per heavy atom. The summed E-state index contributed by atoms with van der Waals surface area (Å²) in [6.45, 7) is 2.29. The van der Waals surface area contributed by atoms with Gasteiger partial charge >= 0.3 is 0 Å². The number of rotatable bonds is 7. The van der Waals surface area contributed by atoms with Crippen molar-refractivity contribution >= 4 is 17.1 Å². The number of ether oxygens (including phenoxy) is 1. The minimum absolute atomic E-state index is 0.664. The molecule has 4 aromatic rings. The highest BCUT2D eigenvalue weighted by atomic mass is 16.5. The fourth-order valence-corrected chi connectivity index (χ4v) is 4.02. The fourth-order valence-electron chi connectivity index (χ4n) is 4.02. The Hall–Kier alpha value is -3.79. The number of nitrogens with zero attached hydrogens (tertiary/aromatic N) is 3. The van der Waals surface area contributed by atoms with Crippen LogP contribution in [-0.4, -0.2) is 18.3 Å². The topological polar surface area (TPSA) is 28.6 Å². The maximum atomic E-state index is 6.07. The Balaban J connectivity index is 1.32. The van der Waals surface area contributed by atoms with Crippen molar-refractivity contribution in [2.45, 2.75) is 13.0 Å². The third-order valence-corrected chi connectivity index (χ3v) is 5.55. The van der Waals surface area contributed by atoms with Crippen LogP contribution >= 0.6 is 0 Å². The van der Waals surface area contributed by atoms with E-state index in [1.165, 1.54) is 22.5 Å². The van der Waals surface area contributed by atoms with Crippen molar-refractivity contribution in [3.05, 3.63) is 115 Å². The van der Waals surface area contributed by atoms with E-state index < -0.39 is 0 Å². The summed E-state index contributed by atoms with van der Waals surface area (Å²) in [5, 5.41) is 0. The van der Waals surface area contributed by atoms with Gasteiger partial charge in [-0.25, -0.2) is 0 Å². The lowest BCUT2D eigenvalue weighted by Gasteiger charge is -2.22. The molecule has 0 spiro atoms. The third kappa shape index (κ3) is 4.38. The van der Waals surface area contributed by atoms with Gasteiger partial charge in [0.2, 0.25) is 0 Å². The Morgan fingerprint density at radius 2 is 1.58 bits per heavy atom. The van der Waals surface area contributed by atoms with E-state index in [1.54, 1.807) is 0 Å². The lowest BCUT2D eigenvalue weighted by atomic mass is 10.2. The lowest BCUT2D eigenvalue weighted by molar-refractivity contribution is 0.322. The zero-order valence-corrected chi connectivity index (χ0v) is 17.4. The molecule has 0 unspecified atom stereocenters. The van der Waals surface area contributed by atoms with Gasteiger partial charge in [-0.1, -0.05) is 54.6 Å². The summed E-state index contributed by atoms with van der Waals surface area (Å²) in [4.78, 5) is 8.99.